The Kier molecular flexibility index (Phi) is 4.49. The predicted octanol–water partition coefficient (Wildman–Crippen LogP) is 5.44. The van der Waals surface area contributed by atoms with Crippen molar-refractivity contribution in [2.45, 2.75) is 49.7 Å². The van der Waals surface area contributed by atoms with Crippen molar-refractivity contribution in [1.82, 2.24) is 9.78 Å². The van der Waals surface area contributed by atoms with E-state index in [9.17, 15) is 9.90 Å². The number of ketones is 1. The van der Waals surface area contributed by atoms with Gasteiger partial charge in [-0.2, -0.15) is 5.10 Å². The van der Waals surface area contributed by atoms with Crippen LogP contribution >= 0.6 is 23.2 Å². The number of Topliss-reactive ketones (excluding diaryl/α,β-unsaturated/α-hetero) is 1. The largest absolute Gasteiger partial charge is 0.482 e. The summed E-state index contributed by atoms with van der Waals surface area (Å²) in [6, 6.07) is 12.8. The number of ether oxygens (including phenoxy) is 1. The molecule has 5 nitrogen and oxygen atoms in total. The lowest BCUT2D eigenvalue weighted by molar-refractivity contribution is -0.163. The fourth-order valence-corrected chi connectivity index (χ4v) is 6.23. The van der Waals surface area contributed by atoms with Gasteiger partial charge in [-0.1, -0.05) is 23.2 Å². The Labute approximate surface area is 195 Å². The molecule has 2 aromatic carbocycles. The molecule has 7 rings (SSSR count). The molecule has 1 aromatic heterocycles. The van der Waals surface area contributed by atoms with E-state index in [1.54, 1.807) is 18.2 Å². The molecule has 7 heteroatoms. The Morgan fingerprint density at radius 2 is 1.84 bits per heavy atom. The van der Waals surface area contributed by atoms with Crippen LogP contribution in [0.15, 0.2) is 54.9 Å². The number of benzene rings is 2. The van der Waals surface area contributed by atoms with Gasteiger partial charge in [0, 0.05) is 40.1 Å². The monoisotopic (exact) mass is 468 g/mol. The van der Waals surface area contributed by atoms with E-state index >= 15 is 0 Å². The molecule has 0 unspecified atom stereocenters. The minimum atomic E-state index is -0.732. The second-order valence-corrected chi connectivity index (χ2v) is 10.5. The molecule has 3 fully saturated rings. The van der Waals surface area contributed by atoms with Crippen LogP contribution in [0.1, 0.15) is 49.3 Å². The van der Waals surface area contributed by atoms with E-state index in [1.165, 1.54) is 5.56 Å². The Bertz CT molecular complexity index is 1200. The smallest absolute Gasteiger partial charge is 0.173 e. The van der Waals surface area contributed by atoms with Crippen LogP contribution in [0.4, 0.5) is 0 Å². The van der Waals surface area contributed by atoms with Crippen molar-refractivity contribution in [2.24, 2.45) is 5.41 Å². The molecular weight excluding hydrogens is 447 g/mol. The van der Waals surface area contributed by atoms with Crippen LogP contribution in [0.5, 0.6) is 5.75 Å². The fourth-order valence-electron chi connectivity index (χ4n) is 5.92. The Hall–Kier alpha value is -2.34. The summed E-state index contributed by atoms with van der Waals surface area (Å²) in [4.78, 5) is 13.0. The normalized spacial score (nSPS) is 30.0. The predicted molar refractivity (Wildman–Crippen MR) is 122 cm³/mol. The fraction of sp³-hybridized carbons (Fsp3) is 0.360. The molecule has 3 aliphatic carbocycles. The van der Waals surface area contributed by atoms with Gasteiger partial charge < -0.3 is 9.84 Å². The van der Waals surface area contributed by atoms with Gasteiger partial charge in [0.2, 0.25) is 0 Å². The average Bonchev–Trinajstić information content (AvgIpc) is 3.20. The third-order valence-corrected chi connectivity index (χ3v) is 7.86. The molecule has 3 aromatic rings. The molecule has 0 amide bonds. The first-order valence-electron chi connectivity index (χ1n) is 10.8. The summed E-state index contributed by atoms with van der Waals surface area (Å²) in [7, 11) is 0. The second-order valence-electron chi connectivity index (χ2n) is 9.64. The maximum Gasteiger partial charge on any atom is 0.173 e. The van der Waals surface area contributed by atoms with Crippen molar-refractivity contribution in [3.63, 3.8) is 0 Å². The summed E-state index contributed by atoms with van der Waals surface area (Å²) in [6.07, 6.45) is 6.49. The van der Waals surface area contributed by atoms with E-state index in [-0.39, 0.29) is 23.0 Å². The number of carbonyl (C=O) groups is 1. The zero-order valence-corrected chi connectivity index (χ0v) is 18.8. The van der Waals surface area contributed by atoms with E-state index in [0.717, 1.165) is 24.9 Å². The number of hydrogen-bond acceptors (Lipinski definition) is 4. The molecule has 0 saturated heterocycles. The zero-order chi connectivity index (χ0) is 22.1. The number of fused-ring (bicyclic) bond motifs is 1. The van der Waals surface area contributed by atoms with Crippen LogP contribution in [0.2, 0.25) is 10.0 Å². The first kappa shape index (κ1) is 20.3. The number of halogens is 2. The molecule has 164 valence electrons. The third-order valence-electron chi connectivity index (χ3n) is 7.37. The lowest BCUT2D eigenvalue weighted by Gasteiger charge is -2.71. The quantitative estimate of drug-likeness (QED) is 0.540. The molecule has 3 saturated carbocycles. The highest BCUT2D eigenvalue weighted by atomic mass is 35.5. The van der Waals surface area contributed by atoms with Crippen LogP contribution in [-0.2, 0) is 10.2 Å². The first-order chi connectivity index (χ1) is 15.3. The average molecular weight is 469 g/mol. The van der Waals surface area contributed by atoms with Crippen molar-refractivity contribution in [3.05, 3.63) is 76.0 Å². The summed E-state index contributed by atoms with van der Waals surface area (Å²) in [6.45, 7) is 0. The van der Waals surface area contributed by atoms with Gasteiger partial charge in [-0.3, -0.25) is 4.79 Å². The molecule has 1 aliphatic heterocycles. The van der Waals surface area contributed by atoms with Crippen LogP contribution < -0.4 is 4.74 Å². The highest BCUT2D eigenvalue weighted by Crippen LogP contribution is 2.75. The lowest BCUT2D eigenvalue weighted by Crippen LogP contribution is -2.65. The van der Waals surface area contributed by atoms with Crippen molar-refractivity contribution in [3.8, 4) is 11.4 Å². The molecule has 2 heterocycles. The van der Waals surface area contributed by atoms with E-state index < -0.39 is 12.2 Å². The number of aliphatic hydroxyl groups is 1. The highest BCUT2D eigenvalue weighted by Gasteiger charge is 2.69. The Balaban J connectivity index is 1.10. The van der Waals surface area contributed by atoms with Crippen molar-refractivity contribution >= 4 is 29.0 Å². The van der Waals surface area contributed by atoms with Crippen LogP contribution in [0.25, 0.3) is 5.69 Å². The summed E-state index contributed by atoms with van der Waals surface area (Å²) >= 11 is 12.0. The molecule has 2 bridgehead atoms. The van der Waals surface area contributed by atoms with Gasteiger partial charge in [-0.05, 0) is 72.7 Å². The summed E-state index contributed by atoms with van der Waals surface area (Å²) in [5.74, 6) is 0.630. The highest BCUT2D eigenvalue weighted by molar-refractivity contribution is 6.30. The first-order valence-corrected chi connectivity index (χ1v) is 11.6. The zero-order valence-electron chi connectivity index (χ0n) is 17.3. The molecule has 4 aliphatic rings. The van der Waals surface area contributed by atoms with Crippen molar-refractivity contribution in [2.75, 3.05) is 0 Å². The summed E-state index contributed by atoms with van der Waals surface area (Å²) < 4.78 is 7.81. The lowest BCUT2D eigenvalue weighted by atomic mass is 9.32. The number of nitrogens with zero attached hydrogens (tertiary/aromatic N) is 2. The van der Waals surface area contributed by atoms with Gasteiger partial charge in [0.1, 0.15) is 5.75 Å². The van der Waals surface area contributed by atoms with Crippen molar-refractivity contribution in [1.29, 1.82) is 0 Å². The minimum absolute atomic E-state index is 0.0635. The van der Waals surface area contributed by atoms with Gasteiger partial charge in [-0.25, -0.2) is 4.68 Å². The Morgan fingerprint density at radius 3 is 2.59 bits per heavy atom. The van der Waals surface area contributed by atoms with E-state index in [4.69, 9.17) is 27.9 Å². The van der Waals surface area contributed by atoms with E-state index in [0.29, 0.717) is 27.8 Å². The van der Waals surface area contributed by atoms with Crippen LogP contribution in [-0.4, -0.2) is 26.8 Å². The molecule has 0 spiro atoms. The molecule has 32 heavy (non-hydrogen) atoms. The number of hydrogen-bond donors (Lipinski definition) is 1. The second kappa shape index (κ2) is 7.08. The number of aromatic nitrogens is 2. The van der Waals surface area contributed by atoms with Gasteiger partial charge in [0.15, 0.2) is 11.9 Å². The maximum absolute atomic E-state index is 13.0. The Morgan fingerprint density at radius 1 is 1.12 bits per heavy atom. The molecule has 2 atom stereocenters. The SMILES string of the molecule is O=C(CC12CC(c3cnn(-c4ccc(Cl)cc4)c3)(C1)C2)[C@@H]1C[C@@H](O)c2cc(Cl)ccc2O1. The standard InChI is InChI=1S/C25H22Cl2N2O3/c26-16-1-4-18(5-2-16)29-11-15(10-28-29)25-12-24(13-25,14-25)9-21(31)23-8-20(30)19-7-17(27)3-6-22(19)32-23/h1-7,10-11,20,23,30H,8-9,12-14H2/t20-,23+,24?,25?/m1/s1. The van der Waals surface area contributed by atoms with Gasteiger partial charge in [0.25, 0.3) is 0 Å². The topological polar surface area (TPSA) is 64.4 Å². The van der Waals surface area contributed by atoms with E-state index in [2.05, 4.69) is 11.3 Å². The maximum atomic E-state index is 13.0. The number of carbonyl (C=O) groups excluding carboxylic acids is 1. The summed E-state index contributed by atoms with van der Waals surface area (Å²) in [5, 5.41) is 16.3. The number of aliphatic hydroxyl groups excluding tert-OH is 1. The van der Waals surface area contributed by atoms with Gasteiger partial charge >= 0.3 is 0 Å². The molecule has 0 radical (unpaired) electrons. The van der Waals surface area contributed by atoms with Crippen LogP contribution in [0, 0.1) is 5.41 Å². The van der Waals surface area contributed by atoms with Crippen LogP contribution in [0.3, 0.4) is 0 Å². The molecular formula is C25H22Cl2N2O3. The summed E-state index contributed by atoms with van der Waals surface area (Å²) in [5.41, 5.74) is 3.07. The van der Waals surface area contributed by atoms with Crippen molar-refractivity contribution < 1.29 is 14.6 Å². The van der Waals surface area contributed by atoms with Gasteiger partial charge in [-0.15, -0.1) is 0 Å². The molecule has 1 N–H and O–H groups in total. The number of rotatable bonds is 5. The third kappa shape index (κ3) is 3.18. The van der Waals surface area contributed by atoms with E-state index in [1.807, 2.05) is 35.1 Å². The van der Waals surface area contributed by atoms with Gasteiger partial charge in [0.05, 0.1) is 18.0 Å². The minimum Gasteiger partial charge on any atom is -0.482 e.